The van der Waals surface area contributed by atoms with E-state index in [1.165, 1.54) is 12.2 Å². The lowest BCUT2D eigenvalue weighted by Crippen LogP contribution is -2.59. The van der Waals surface area contributed by atoms with E-state index in [-0.39, 0.29) is 38.1 Å². The Morgan fingerprint density at radius 1 is 1.11 bits per heavy atom. The van der Waals surface area contributed by atoms with Crippen molar-refractivity contribution in [3.05, 3.63) is 12.2 Å². The first kappa shape index (κ1) is 19.4. The number of imide groups is 2. The highest BCUT2D eigenvalue weighted by Crippen LogP contribution is 2.40. The summed E-state index contributed by atoms with van der Waals surface area (Å²) in [6.45, 7) is 0.170. The Morgan fingerprint density at radius 2 is 1.63 bits per heavy atom. The predicted octanol–water partition coefficient (Wildman–Crippen LogP) is -0.331. The lowest BCUT2D eigenvalue weighted by Gasteiger charge is -2.42. The molecule has 11 heteroatoms. The molecule has 1 N–H and O–H groups in total. The number of nitrogens with zero attached hydrogens (tertiary/aromatic N) is 2. The number of amides is 4. The highest BCUT2D eigenvalue weighted by molar-refractivity contribution is 7.74. The van der Waals surface area contributed by atoms with Gasteiger partial charge in [-0.05, 0) is 31.6 Å². The third kappa shape index (κ3) is 3.56. The molecule has 1 saturated carbocycles. The molecule has 0 aromatic heterocycles. The second-order valence-corrected chi connectivity index (χ2v) is 7.41. The molecular formula is C16H18N2O8S. The summed E-state index contributed by atoms with van der Waals surface area (Å²) in [5.41, 5.74) is -1.63. The number of rotatable bonds is 5. The number of hydrogen-bond acceptors (Lipinski definition) is 7. The van der Waals surface area contributed by atoms with Crippen molar-refractivity contribution < 1.29 is 36.9 Å². The molecule has 0 aromatic rings. The third-order valence-electron chi connectivity index (χ3n) is 5.28. The Balaban J connectivity index is 1.76. The summed E-state index contributed by atoms with van der Waals surface area (Å²) < 4.78 is 24.2. The Hall–Kier alpha value is -2.40. The molecule has 4 amide bonds. The van der Waals surface area contributed by atoms with Gasteiger partial charge in [0.15, 0.2) is 0 Å². The van der Waals surface area contributed by atoms with E-state index in [0.29, 0.717) is 12.8 Å². The van der Waals surface area contributed by atoms with Crippen LogP contribution < -0.4 is 0 Å². The number of carbonyl (C=O) groups excluding carboxylic acids is 5. The van der Waals surface area contributed by atoms with Crippen LogP contribution in [0.25, 0.3) is 0 Å². The average molecular weight is 398 g/mol. The fourth-order valence-electron chi connectivity index (χ4n) is 3.92. The average Bonchev–Trinajstić information content (AvgIpc) is 3.11. The molecule has 10 nitrogen and oxygen atoms in total. The summed E-state index contributed by atoms with van der Waals surface area (Å²) in [4.78, 5) is 62.2. The molecule has 1 saturated heterocycles. The standard InChI is InChI=1S/C16H18N2O8S/c19-11-1-2-12(20)17(11)9-10-5-7-16(8-6-10,15(23)26-27(24)25)18-13(21)3-4-14(18)22/h1-2,10H,3-9H2,(H,24,25). The van der Waals surface area contributed by atoms with Crippen LogP contribution in [0.5, 0.6) is 0 Å². The van der Waals surface area contributed by atoms with Crippen LogP contribution in [-0.4, -0.2) is 60.2 Å². The Bertz CT molecular complexity index is 734. The molecular weight excluding hydrogens is 380 g/mol. The van der Waals surface area contributed by atoms with Crippen molar-refractivity contribution in [3.63, 3.8) is 0 Å². The van der Waals surface area contributed by atoms with E-state index in [9.17, 15) is 28.2 Å². The van der Waals surface area contributed by atoms with Crippen LogP contribution >= 0.6 is 0 Å². The van der Waals surface area contributed by atoms with Gasteiger partial charge in [0, 0.05) is 31.5 Å². The highest BCUT2D eigenvalue weighted by atomic mass is 32.2. The van der Waals surface area contributed by atoms with E-state index in [1.807, 2.05) is 0 Å². The van der Waals surface area contributed by atoms with Crippen LogP contribution in [0.1, 0.15) is 38.5 Å². The zero-order valence-corrected chi connectivity index (χ0v) is 15.1. The quantitative estimate of drug-likeness (QED) is 0.491. The van der Waals surface area contributed by atoms with Crippen LogP contribution in [0.2, 0.25) is 0 Å². The maximum Gasteiger partial charge on any atom is 0.360 e. The molecule has 27 heavy (non-hydrogen) atoms. The van der Waals surface area contributed by atoms with Crippen LogP contribution in [0.3, 0.4) is 0 Å². The predicted molar refractivity (Wildman–Crippen MR) is 88.5 cm³/mol. The molecule has 2 heterocycles. The summed E-state index contributed by atoms with van der Waals surface area (Å²) in [6.07, 6.45) is 3.06. The van der Waals surface area contributed by atoms with E-state index in [2.05, 4.69) is 4.18 Å². The van der Waals surface area contributed by atoms with Crippen LogP contribution in [0.15, 0.2) is 12.2 Å². The minimum absolute atomic E-state index is 0.0258. The van der Waals surface area contributed by atoms with Crippen molar-refractivity contribution in [2.45, 2.75) is 44.1 Å². The molecule has 2 aliphatic heterocycles. The summed E-state index contributed by atoms with van der Waals surface area (Å²) >= 11 is -2.87. The first-order chi connectivity index (χ1) is 12.7. The molecule has 1 aliphatic carbocycles. The Kier molecular flexibility index (Phi) is 5.24. The maximum atomic E-state index is 12.5. The van der Waals surface area contributed by atoms with Crippen molar-refractivity contribution in [3.8, 4) is 0 Å². The van der Waals surface area contributed by atoms with Gasteiger partial charge >= 0.3 is 17.3 Å². The van der Waals surface area contributed by atoms with Gasteiger partial charge in [-0.3, -0.25) is 33.5 Å². The summed E-state index contributed by atoms with van der Waals surface area (Å²) in [7, 11) is 0. The van der Waals surface area contributed by atoms with Gasteiger partial charge < -0.3 is 4.18 Å². The van der Waals surface area contributed by atoms with Crippen molar-refractivity contribution in [2.75, 3.05) is 6.54 Å². The minimum Gasteiger partial charge on any atom is -0.341 e. The number of hydrogen-bond donors (Lipinski definition) is 1. The van der Waals surface area contributed by atoms with Crippen LogP contribution in [0, 0.1) is 5.92 Å². The minimum atomic E-state index is -2.87. The number of carbonyl (C=O) groups is 5. The first-order valence-electron chi connectivity index (χ1n) is 8.47. The second-order valence-electron chi connectivity index (χ2n) is 6.81. The molecule has 146 valence electrons. The van der Waals surface area contributed by atoms with Gasteiger partial charge in [-0.1, -0.05) is 0 Å². The fraction of sp³-hybridized carbons (Fsp3) is 0.562. The van der Waals surface area contributed by atoms with Gasteiger partial charge in [-0.15, -0.1) is 0 Å². The van der Waals surface area contributed by atoms with Crippen molar-refractivity contribution >= 4 is 41.0 Å². The molecule has 3 rings (SSSR count). The number of likely N-dealkylation sites (tertiary alicyclic amines) is 1. The zero-order valence-electron chi connectivity index (χ0n) is 14.3. The molecule has 2 fully saturated rings. The molecule has 0 spiro atoms. The van der Waals surface area contributed by atoms with Gasteiger partial charge in [-0.25, -0.2) is 4.79 Å². The Morgan fingerprint density at radius 3 is 2.11 bits per heavy atom. The highest BCUT2D eigenvalue weighted by Gasteiger charge is 2.54. The lowest BCUT2D eigenvalue weighted by atomic mass is 9.75. The van der Waals surface area contributed by atoms with E-state index >= 15 is 0 Å². The van der Waals surface area contributed by atoms with Crippen LogP contribution in [-0.2, 0) is 39.5 Å². The second kappa shape index (κ2) is 7.31. The van der Waals surface area contributed by atoms with E-state index < -0.39 is 46.5 Å². The van der Waals surface area contributed by atoms with Gasteiger partial charge in [0.05, 0.1) is 0 Å². The molecule has 0 aromatic carbocycles. The van der Waals surface area contributed by atoms with Gasteiger partial charge in [0.25, 0.3) is 11.8 Å². The molecule has 3 aliphatic rings. The Labute approximate surface area is 157 Å². The monoisotopic (exact) mass is 398 g/mol. The van der Waals surface area contributed by atoms with Crippen LogP contribution in [0.4, 0.5) is 0 Å². The van der Waals surface area contributed by atoms with Gasteiger partial charge in [-0.2, -0.15) is 4.21 Å². The molecule has 1 atom stereocenters. The van der Waals surface area contributed by atoms with E-state index in [4.69, 9.17) is 4.55 Å². The first-order valence-corrected chi connectivity index (χ1v) is 9.51. The van der Waals surface area contributed by atoms with E-state index in [0.717, 1.165) is 9.80 Å². The van der Waals surface area contributed by atoms with Gasteiger partial charge in [0.1, 0.15) is 5.54 Å². The SMILES string of the molecule is O=C1C=CC(=O)N1CC1CCC(C(=O)OS(=O)O)(N2C(=O)CCC2=O)CC1. The fourth-order valence-corrected chi connectivity index (χ4v) is 4.21. The molecule has 0 radical (unpaired) electrons. The summed E-state index contributed by atoms with van der Waals surface area (Å²) in [5, 5.41) is 0. The summed E-state index contributed by atoms with van der Waals surface area (Å²) in [5.74, 6) is -3.07. The maximum absolute atomic E-state index is 12.5. The third-order valence-corrected chi connectivity index (χ3v) is 5.57. The molecule has 0 bridgehead atoms. The largest absolute Gasteiger partial charge is 0.360 e. The van der Waals surface area contributed by atoms with Crippen molar-refractivity contribution in [1.82, 2.24) is 9.80 Å². The van der Waals surface area contributed by atoms with Crippen molar-refractivity contribution in [2.24, 2.45) is 5.92 Å². The lowest BCUT2D eigenvalue weighted by molar-refractivity contribution is -0.164. The summed E-state index contributed by atoms with van der Waals surface area (Å²) in [6, 6.07) is 0. The van der Waals surface area contributed by atoms with Gasteiger partial charge in [0.2, 0.25) is 11.8 Å². The van der Waals surface area contributed by atoms with Crippen molar-refractivity contribution in [1.29, 1.82) is 0 Å². The normalized spacial score (nSPS) is 29.6. The van der Waals surface area contributed by atoms with E-state index in [1.54, 1.807) is 0 Å². The molecule has 1 unspecified atom stereocenters. The topological polar surface area (TPSA) is 138 Å². The smallest absolute Gasteiger partial charge is 0.341 e. The zero-order chi connectivity index (χ0) is 19.8.